The van der Waals surface area contributed by atoms with E-state index in [0.717, 1.165) is 32.1 Å². The lowest BCUT2D eigenvalue weighted by Crippen LogP contribution is -2.51. The second-order valence-corrected chi connectivity index (χ2v) is 7.90. The number of halogens is 1. The number of hydrogen-bond donors (Lipinski definition) is 1. The standard InChI is InChI=1S/C13H27N3S2.HI/c1-5-14-12(15-7-6-9-17-4)16-8-10-18-13(2,3)11-16;/h5-11H2,1-4H3,(H,14,15);1H. The van der Waals surface area contributed by atoms with Gasteiger partial charge in [0.15, 0.2) is 5.96 Å². The molecule has 3 nitrogen and oxygen atoms in total. The molecule has 0 atom stereocenters. The Kier molecular flexibility index (Phi) is 10.8. The largest absolute Gasteiger partial charge is 0.357 e. The highest BCUT2D eigenvalue weighted by Gasteiger charge is 2.28. The maximum absolute atomic E-state index is 4.75. The predicted molar refractivity (Wildman–Crippen MR) is 103 cm³/mol. The number of nitrogens with one attached hydrogen (secondary N) is 1. The third kappa shape index (κ3) is 7.90. The summed E-state index contributed by atoms with van der Waals surface area (Å²) >= 11 is 3.96. The second kappa shape index (κ2) is 10.4. The van der Waals surface area contributed by atoms with Crippen molar-refractivity contribution in [2.24, 2.45) is 4.99 Å². The molecule has 0 aromatic rings. The van der Waals surface area contributed by atoms with E-state index in [-0.39, 0.29) is 24.0 Å². The highest BCUT2D eigenvalue weighted by Crippen LogP contribution is 2.29. The van der Waals surface area contributed by atoms with Gasteiger partial charge in [-0.25, -0.2) is 0 Å². The summed E-state index contributed by atoms with van der Waals surface area (Å²) in [5.41, 5.74) is 0. The molecule has 0 unspecified atom stereocenters. The van der Waals surface area contributed by atoms with Gasteiger partial charge in [-0.15, -0.1) is 24.0 Å². The number of hydrogen-bond acceptors (Lipinski definition) is 3. The van der Waals surface area contributed by atoms with Crippen molar-refractivity contribution >= 4 is 53.5 Å². The van der Waals surface area contributed by atoms with Crippen molar-refractivity contribution < 1.29 is 0 Å². The minimum atomic E-state index is 0. The Morgan fingerprint density at radius 2 is 2.21 bits per heavy atom. The minimum absolute atomic E-state index is 0. The van der Waals surface area contributed by atoms with Gasteiger partial charge in [0.2, 0.25) is 0 Å². The van der Waals surface area contributed by atoms with E-state index in [1.54, 1.807) is 0 Å². The van der Waals surface area contributed by atoms with Crippen LogP contribution in [0.25, 0.3) is 0 Å². The van der Waals surface area contributed by atoms with Crippen LogP contribution in [0.5, 0.6) is 0 Å². The monoisotopic (exact) mass is 417 g/mol. The van der Waals surface area contributed by atoms with Gasteiger partial charge in [0.05, 0.1) is 0 Å². The molecule has 0 aromatic heterocycles. The summed E-state index contributed by atoms with van der Waals surface area (Å²) in [4.78, 5) is 7.16. The fourth-order valence-electron chi connectivity index (χ4n) is 2.02. The summed E-state index contributed by atoms with van der Waals surface area (Å²) < 4.78 is 0.341. The van der Waals surface area contributed by atoms with Gasteiger partial charge in [-0.2, -0.15) is 23.5 Å². The van der Waals surface area contributed by atoms with Gasteiger partial charge in [-0.3, -0.25) is 4.99 Å². The van der Waals surface area contributed by atoms with Crippen molar-refractivity contribution in [1.82, 2.24) is 10.2 Å². The highest BCUT2D eigenvalue weighted by atomic mass is 127. The Morgan fingerprint density at radius 1 is 1.47 bits per heavy atom. The van der Waals surface area contributed by atoms with Crippen molar-refractivity contribution in [3.05, 3.63) is 0 Å². The van der Waals surface area contributed by atoms with Gasteiger partial charge >= 0.3 is 0 Å². The SMILES string of the molecule is CCNC(=NCCCSC)N1CCSC(C)(C)C1.I. The fourth-order valence-corrected chi connectivity index (χ4v) is 3.55. The van der Waals surface area contributed by atoms with E-state index in [0.29, 0.717) is 4.75 Å². The highest BCUT2D eigenvalue weighted by molar-refractivity contribution is 14.0. The van der Waals surface area contributed by atoms with E-state index in [1.165, 1.54) is 17.9 Å². The van der Waals surface area contributed by atoms with Gasteiger partial charge in [-0.05, 0) is 39.2 Å². The summed E-state index contributed by atoms with van der Waals surface area (Å²) in [6.45, 7) is 10.9. The first-order chi connectivity index (χ1) is 8.59. The van der Waals surface area contributed by atoms with Crippen LogP contribution < -0.4 is 5.32 Å². The molecule has 0 spiro atoms. The Hall–Kier alpha value is 0.700. The molecular weight excluding hydrogens is 389 g/mol. The molecule has 1 saturated heterocycles. The first kappa shape index (κ1) is 19.7. The van der Waals surface area contributed by atoms with E-state index < -0.39 is 0 Å². The number of aliphatic imine (C=N–C) groups is 1. The molecule has 0 aliphatic carbocycles. The van der Waals surface area contributed by atoms with E-state index >= 15 is 0 Å². The lowest BCUT2D eigenvalue weighted by atomic mass is 10.2. The number of thioether (sulfide) groups is 2. The van der Waals surface area contributed by atoms with Crippen LogP contribution in [0.4, 0.5) is 0 Å². The molecule has 1 aliphatic rings. The first-order valence-corrected chi connectivity index (χ1v) is 9.13. The quantitative estimate of drug-likeness (QED) is 0.322. The molecule has 1 rings (SSSR count). The average Bonchev–Trinajstić information content (AvgIpc) is 2.32. The van der Waals surface area contributed by atoms with E-state index in [9.17, 15) is 0 Å². The molecule has 0 aromatic carbocycles. The van der Waals surface area contributed by atoms with Crippen LogP contribution in [-0.4, -0.2) is 59.5 Å². The zero-order valence-corrected chi connectivity index (χ0v) is 16.5. The molecule has 0 bridgehead atoms. The average molecular weight is 417 g/mol. The molecule has 0 radical (unpaired) electrons. The third-order valence-electron chi connectivity index (χ3n) is 2.83. The summed E-state index contributed by atoms with van der Waals surface area (Å²) in [6.07, 6.45) is 3.32. The van der Waals surface area contributed by atoms with E-state index in [2.05, 4.69) is 49.0 Å². The van der Waals surface area contributed by atoms with Crippen LogP contribution in [0.2, 0.25) is 0 Å². The van der Waals surface area contributed by atoms with Crippen LogP contribution in [-0.2, 0) is 0 Å². The smallest absolute Gasteiger partial charge is 0.193 e. The van der Waals surface area contributed by atoms with Crippen molar-refractivity contribution in [3.63, 3.8) is 0 Å². The van der Waals surface area contributed by atoms with Gasteiger partial charge < -0.3 is 10.2 Å². The lowest BCUT2D eigenvalue weighted by Gasteiger charge is -2.39. The van der Waals surface area contributed by atoms with Crippen LogP contribution >= 0.6 is 47.5 Å². The molecule has 0 saturated carbocycles. The summed E-state index contributed by atoms with van der Waals surface area (Å²) in [7, 11) is 0. The second-order valence-electron chi connectivity index (χ2n) is 5.11. The molecule has 19 heavy (non-hydrogen) atoms. The number of guanidine groups is 1. The van der Waals surface area contributed by atoms with Gasteiger partial charge in [-0.1, -0.05) is 0 Å². The molecule has 114 valence electrons. The van der Waals surface area contributed by atoms with Crippen LogP contribution in [0.1, 0.15) is 27.2 Å². The maximum atomic E-state index is 4.75. The molecular formula is C13H28IN3S2. The Bertz CT molecular complexity index is 273. The fraction of sp³-hybridized carbons (Fsp3) is 0.923. The Morgan fingerprint density at radius 3 is 2.79 bits per heavy atom. The topological polar surface area (TPSA) is 27.6 Å². The number of nitrogens with zero attached hydrogens (tertiary/aromatic N) is 2. The van der Waals surface area contributed by atoms with Crippen molar-refractivity contribution in [3.8, 4) is 0 Å². The Labute approximate surface area is 144 Å². The van der Waals surface area contributed by atoms with Crippen molar-refractivity contribution in [1.29, 1.82) is 0 Å². The molecule has 0 amide bonds. The zero-order chi connectivity index (χ0) is 13.4. The molecule has 1 heterocycles. The molecule has 1 N–H and O–H groups in total. The predicted octanol–water partition coefficient (Wildman–Crippen LogP) is 3.15. The molecule has 1 aliphatic heterocycles. The summed E-state index contributed by atoms with van der Waals surface area (Å²) in [5, 5.41) is 3.43. The minimum Gasteiger partial charge on any atom is -0.357 e. The van der Waals surface area contributed by atoms with Gasteiger partial charge in [0.25, 0.3) is 0 Å². The first-order valence-electron chi connectivity index (χ1n) is 6.75. The van der Waals surface area contributed by atoms with Gasteiger partial charge in [0.1, 0.15) is 0 Å². The van der Waals surface area contributed by atoms with Gasteiger partial charge in [0, 0.05) is 36.7 Å². The summed E-state index contributed by atoms with van der Waals surface area (Å²) in [5.74, 6) is 3.50. The summed E-state index contributed by atoms with van der Waals surface area (Å²) in [6, 6.07) is 0. The van der Waals surface area contributed by atoms with E-state index in [1.807, 2.05) is 11.8 Å². The normalized spacial score (nSPS) is 18.9. The van der Waals surface area contributed by atoms with Crippen molar-refractivity contribution in [2.45, 2.75) is 31.9 Å². The zero-order valence-electron chi connectivity index (χ0n) is 12.6. The van der Waals surface area contributed by atoms with Crippen LogP contribution in [0, 0.1) is 0 Å². The lowest BCUT2D eigenvalue weighted by molar-refractivity contribution is 0.376. The molecule has 1 fully saturated rings. The van der Waals surface area contributed by atoms with Crippen molar-refractivity contribution in [2.75, 3.05) is 43.9 Å². The van der Waals surface area contributed by atoms with Crippen LogP contribution in [0.3, 0.4) is 0 Å². The Balaban J connectivity index is 0.00000324. The number of rotatable bonds is 5. The molecule has 6 heteroatoms. The maximum Gasteiger partial charge on any atom is 0.193 e. The van der Waals surface area contributed by atoms with Crippen LogP contribution in [0.15, 0.2) is 4.99 Å². The third-order valence-corrected chi connectivity index (χ3v) is 4.82. The van der Waals surface area contributed by atoms with E-state index in [4.69, 9.17) is 4.99 Å².